The third-order valence-electron chi connectivity index (χ3n) is 4.47. The lowest BCUT2D eigenvalue weighted by atomic mass is 9.89. The number of rotatable bonds is 7. The Balaban J connectivity index is 1.96. The quantitative estimate of drug-likeness (QED) is 0.818. The molecular weight excluding hydrogens is 252 g/mol. The second-order valence-corrected chi connectivity index (χ2v) is 5.83. The van der Waals surface area contributed by atoms with E-state index in [9.17, 15) is 0 Å². The molecule has 1 aromatic rings. The molecule has 114 valence electrons. The van der Waals surface area contributed by atoms with E-state index < -0.39 is 0 Å². The third-order valence-corrected chi connectivity index (χ3v) is 4.47. The molecular formula is C14H28N6. The SMILES string of the molecule is CCCCn1nnnc1CN1CCC(CC)CC1CN. The van der Waals surface area contributed by atoms with Gasteiger partial charge in [-0.25, -0.2) is 4.68 Å². The first kappa shape index (κ1) is 15.4. The number of hydrogen-bond donors (Lipinski definition) is 1. The number of aryl methyl sites for hydroxylation is 1. The number of aromatic nitrogens is 4. The molecule has 1 fully saturated rings. The van der Waals surface area contributed by atoms with Gasteiger partial charge in [0.15, 0.2) is 5.82 Å². The highest BCUT2D eigenvalue weighted by atomic mass is 15.5. The van der Waals surface area contributed by atoms with Crippen molar-refractivity contribution < 1.29 is 0 Å². The minimum Gasteiger partial charge on any atom is -0.329 e. The molecule has 2 rings (SSSR count). The summed E-state index contributed by atoms with van der Waals surface area (Å²) >= 11 is 0. The monoisotopic (exact) mass is 280 g/mol. The molecule has 2 unspecified atom stereocenters. The van der Waals surface area contributed by atoms with Crippen molar-refractivity contribution in [1.29, 1.82) is 0 Å². The number of likely N-dealkylation sites (tertiary alicyclic amines) is 1. The van der Waals surface area contributed by atoms with Gasteiger partial charge >= 0.3 is 0 Å². The van der Waals surface area contributed by atoms with Gasteiger partial charge in [-0.05, 0) is 42.2 Å². The van der Waals surface area contributed by atoms with Crippen LogP contribution in [0.4, 0.5) is 0 Å². The molecule has 20 heavy (non-hydrogen) atoms. The maximum absolute atomic E-state index is 5.96. The summed E-state index contributed by atoms with van der Waals surface area (Å²) in [6, 6.07) is 0.477. The van der Waals surface area contributed by atoms with Crippen molar-refractivity contribution >= 4 is 0 Å². The first-order chi connectivity index (χ1) is 9.78. The van der Waals surface area contributed by atoms with Crippen LogP contribution in [-0.4, -0.2) is 44.2 Å². The van der Waals surface area contributed by atoms with E-state index in [1.165, 1.54) is 19.3 Å². The largest absolute Gasteiger partial charge is 0.329 e. The van der Waals surface area contributed by atoms with Gasteiger partial charge < -0.3 is 5.73 Å². The molecule has 0 radical (unpaired) electrons. The summed E-state index contributed by atoms with van der Waals surface area (Å²) in [6.07, 6.45) is 6.02. The van der Waals surface area contributed by atoms with Gasteiger partial charge in [-0.1, -0.05) is 26.7 Å². The van der Waals surface area contributed by atoms with Gasteiger partial charge in [0.1, 0.15) is 0 Å². The normalized spacial score (nSPS) is 24.1. The molecule has 2 N–H and O–H groups in total. The lowest BCUT2D eigenvalue weighted by Gasteiger charge is -2.38. The Morgan fingerprint density at radius 2 is 2.20 bits per heavy atom. The highest BCUT2D eigenvalue weighted by Crippen LogP contribution is 2.25. The van der Waals surface area contributed by atoms with Crippen molar-refractivity contribution in [1.82, 2.24) is 25.1 Å². The van der Waals surface area contributed by atoms with Crippen LogP contribution in [0.1, 0.15) is 51.8 Å². The van der Waals surface area contributed by atoms with Gasteiger partial charge in [-0.3, -0.25) is 4.90 Å². The fourth-order valence-corrected chi connectivity index (χ4v) is 3.01. The van der Waals surface area contributed by atoms with Gasteiger partial charge in [0.25, 0.3) is 0 Å². The standard InChI is InChI=1S/C14H28N6/c1-3-5-7-20-14(16-17-18-20)11-19-8-6-12(4-2)9-13(19)10-15/h12-13H,3-11,15H2,1-2H3. The van der Waals surface area contributed by atoms with Crippen LogP contribution in [0.3, 0.4) is 0 Å². The van der Waals surface area contributed by atoms with Crippen LogP contribution in [0.15, 0.2) is 0 Å². The van der Waals surface area contributed by atoms with Crippen LogP contribution in [0.5, 0.6) is 0 Å². The Labute approximate surface area is 121 Å². The Bertz CT molecular complexity index is 391. The zero-order valence-corrected chi connectivity index (χ0v) is 12.8. The van der Waals surface area contributed by atoms with E-state index in [-0.39, 0.29) is 0 Å². The Hall–Kier alpha value is -1.01. The fourth-order valence-electron chi connectivity index (χ4n) is 3.01. The van der Waals surface area contributed by atoms with Gasteiger partial charge in [0.05, 0.1) is 6.54 Å². The van der Waals surface area contributed by atoms with E-state index in [0.717, 1.165) is 50.8 Å². The molecule has 0 saturated carbocycles. The molecule has 2 atom stereocenters. The number of nitrogens with zero attached hydrogens (tertiary/aromatic N) is 5. The summed E-state index contributed by atoms with van der Waals surface area (Å²) in [7, 11) is 0. The molecule has 0 aliphatic carbocycles. The van der Waals surface area contributed by atoms with Crippen LogP contribution >= 0.6 is 0 Å². The van der Waals surface area contributed by atoms with Gasteiger partial charge in [0, 0.05) is 19.1 Å². The number of unbranched alkanes of at least 4 members (excludes halogenated alkanes) is 1. The Kier molecular flexibility index (Phi) is 5.91. The number of nitrogens with two attached hydrogens (primary N) is 1. The number of piperidine rings is 1. The average Bonchev–Trinajstić information content (AvgIpc) is 2.92. The van der Waals surface area contributed by atoms with E-state index >= 15 is 0 Å². The van der Waals surface area contributed by atoms with Crippen molar-refractivity contribution in [3.05, 3.63) is 5.82 Å². The highest BCUT2D eigenvalue weighted by molar-refractivity contribution is 4.88. The number of tetrazole rings is 1. The lowest BCUT2D eigenvalue weighted by molar-refractivity contribution is 0.103. The van der Waals surface area contributed by atoms with Crippen LogP contribution in [-0.2, 0) is 13.1 Å². The van der Waals surface area contributed by atoms with Crippen LogP contribution in [0, 0.1) is 5.92 Å². The Morgan fingerprint density at radius 1 is 1.35 bits per heavy atom. The zero-order chi connectivity index (χ0) is 14.4. The van der Waals surface area contributed by atoms with Gasteiger partial charge in [-0.15, -0.1) is 5.10 Å². The number of hydrogen-bond acceptors (Lipinski definition) is 5. The summed E-state index contributed by atoms with van der Waals surface area (Å²) in [5, 5.41) is 12.1. The van der Waals surface area contributed by atoms with E-state index in [2.05, 4.69) is 34.3 Å². The molecule has 1 aliphatic heterocycles. The summed E-state index contributed by atoms with van der Waals surface area (Å²) in [6.45, 7) is 8.05. The predicted octanol–water partition coefficient (Wildman–Crippen LogP) is 1.42. The summed E-state index contributed by atoms with van der Waals surface area (Å²) < 4.78 is 1.95. The highest BCUT2D eigenvalue weighted by Gasteiger charge is 2.27. The van der Waals surface area contributed by atoms with E-state index in [1.807, 2.05) is 4.68 Å². The topological polar surface area (TPSA) is 72.9 Å². The molecule has 2 heterocycles. The van der Waals surface area contributed by atoms with Crippen molar-refractivity contribution in [3.63, 3.8) is 0 Å². The fraction of sp³-hybridized carbons (Fsp3) is 0.929. The molecule has 0 aromatic carbocycles. The van der Waals surface area contributed by atoms with Crippen molar-refractivity contribution in [2.45, 2.75) is 65.1 Å². The second kappa shape index (κ2) is 7.69. The van der Waals surface area contributed by atoms with Crippen LogP contribution in [0.25, 0.3) is 0 Å². The summed E-state index contributed by atoms with van der Waals surface area (Å²) in [5.41, 5.74) is 5.96. The molecule has 1 saturated heterocycles. The van der Waals surface area contributed by atoms with Crippen molar-refractivity contribution in [2.24, 2.45) is 11.7 Å². The lowest BCUT2D eigenvalue weighted by Crippen LogP contribution is -2.46. The third kappa shape index (κ3) is 3.76. The molecule has 0 bridgehead atoms. The summed E-state index contributed by atoms with van der Waals surface area (Å²) in [5.74, 6) is 1.81. The first-order valence-electron chi connectivity index (χ1n) is 7.97. The summed E-state index contributed by atoms with van der Waals surface area (Å²) in [4.78, 5) is 2.46. The van der Waals surface area contributed by atoms with Crippen molar-refractivity contribution in [2.75, 3.05) is 13.1 Å². The first-order valence-corrected chi connectivity index (χ1v) is 7.97. The smallest absolute Gasteiger partial charge is 0.165 e. The molecule has 1 aliphatic rings. The average molecular weight is 280 g/mol. The minimum absolute atomic E-state index is 0.477. The molecule has 6 nitrogen and oxygen atoms in total. The van der Waals surface area contributed by atoms with Crippen LogP contribution in [0.2, 0.25) is 0 Å². The predicted molar refractivity (Wildman–Crippen MR) is 79.0 cm³/mol. The second-order valence-electron chi connectivity index (χ2n) is 5.83. The van der Waals surface area contributed by atoms with E-state index in [1.54, 1.807) is 0 Å². The van der Waals surface area contributed by atoms with Gasteiger partial charge in [-0.2, -0.15) is 0 Å². The Morgan fingerprint density at radius 3 is 2.90 bits per heavy atom. The zero-order valence-electron chi connectivity index (χ0n) is 12.8. The van der Waals surface area contributed by atoms with E-state index in [4.69, 9.17) is 5.73 Å². The molecule has 1 aromatic heterocycles. The minimum atomic E-state index is 0.477. The van der Waals surface area contributed by atoms with E-state index in [0.29, 0.717) is 6.04 Å². The maximum atomic E-state index is 5.96. The molecule has 0 amide bonds. The molecule has 6 heteroatoms. The van der Waals surface area contributed by atoms with Crippen LogP contribution < -0.4 is 5.73 Å². The van der Waals surface area contributed by atoms with Crippen molar-refractivity contribution in [3.8, 4) is 0 Å². The van der Waals surface area contributed by atoms with Gasteiger partial charge in [0.2, 0.25) is 0 Å². The molecule has 0 spiro atoms. The maximum Gasteiger partial charge on any atom is 0.165 e.